The van der Waals surface area contributed by atoms with Crippen molar-refractivity contribution in [2.24, 2.45) is 9.98 Å². The Morgan fingerprint density at radius 1 is 0.614 bits per heavy atom. The number of methoxy groups -OCH3 is 2. The summed E-state index contributed by atoms with van der Waals surface area (Å²) < 4.78 is 23.2. The number of hydrogen-bond donors (Lipinski definition) is 0. The van der Waals surface area contributed by atoms with Crippen LogP contribution in [-0.2, 0) is 37.7 Å². The van der Waals surface area contributed by atoms with Crippen LogP contribution in [0.5, 0.6) is 11.5 Å². The molecule has 1 aliphatic carbocycles. The van der Waals surface area contributed by atoms with Crippen molar-refractivity contribution in [3.8, 4) is 65.3 Å². The monoisotopic (exact) mass is 826 g/mol. The van der Waals surface area contributed by atoms with Crippen LogP contribution in [0.2, 0.25) is 0 Å². The number of hydrogen-bond acceptors (Lipinski definition) is 18. The first-order chi connectivity index (χ1) is 27.8. The summed E-state index contributed by atoms with van der Waals surface area (Å²) >= 11 is 4.54. The number of nitrogens with zero attached hydrogens (tertiary/aromatic N) is 8. The number of carbonyl (C=O) groups is 2. The predicted molar refractivity (Wildman–Crippen MR) is 213 cm³/mol. The highest BCUT2D eigenvalue weighted by Crippen LogP contribution is 2.59. The van der Waals surface area contributed by atoms with E-state index < -0.39 is 17.4 Å². The van der Waals surface area contributed by atoms with Crippen LogP contribution in [0, 0.1) is 45.3 Å². The molecule has 278 valence electrons. The SMILES string of the molecule is COc1cc(N=C(C#N)C#N)sc1-c1nc2c(s1)-c1sc(-c3sc(N=C(C#N)C#N)cc3OC)nc1C2(C(=O)OCc1ccccc1)C(=O)OCc1ccccc1. The van der Waals surface area contributed by atoms with Gasteiger partial charge in [-0.3, -0.25) is 0 Å². The second kappa shape index (κ2) is 16.4. The van der Waals surface area contributed by atoms with Gasteiger partial charge in [-0.1, -0.05) is 60.7 Å². The molecule has 0 fully saturated rings. The molecule has 18 heteroatoms. The number of fused-ring (bicyclic) bond motifs is 3. The lowest BCUT2D eigenvalue weighted by atomic mass is 9.84. The first-order valence-electron chi connectivity index (χ1n) is 16.4. The maximum absolute atomic E-state index is 14.8. The van der Waals surface area contributed by atoms with Crippen LogP contribution in [0.25, 0.3) is 29.5 Å². The van der Waals surface area contributed by atoms with Gasteiger partial charge in [0.05, 0.1) is 35.4 Å². The highest BCUT2D eigenvalue weighted by molar-refractivity contribution is 7.29. The second-order valence-electron chi connectivity index (χ2n) is 11.6. The van der Waals surface area contributed by atoms with Crippen molar-refractivity contribution >= 4 is 78.7 Å². The third-order valence-electron chi connectivity index (χ3n) is 8.27. The quantitative estimate of drug-likeness (QED) is 0.0650. The van der Waals surface area contributed by atoms with Crippen molar-refractivity contribution in [2.75, 3.05) is 14.2 Å². The van der Waals surface area contributed by atoms with E-state index in [0.717, 1.165) is 22.7 Å². The molecule has 0 N–H and O–H groups in total. The van der Waals surface area contributed by atoms with Crippen molar-refractivity contribution in [3.05, 3.63) is 95.3 Å². The van der Waals surface area contributed by atoms with Crippen molar-refractivity contribution in [1.82, 2.24) is 9.97 Å². The lowest BCUT2D eigenvalue weighted by Crippen LogP contribution is -2.46. The molecule has 4 heterocycles. The van der Waals surface area contributed by atoms with Crippen LogP contribution in [0.1, 0.15) is 22.5 Å². The number of carbonyl (C=O) groups excluding carboxylic acids is 2. The number of ether oxygens (including phenoxy) is 4. The number of esters is 2. The Kier molecular flexibility index (Phi) is 11.0. The van der Waals surface area contributed by atoms with Gasteiger partial charge in [-0.2, -0.15) is 21.0 Å². The summed E-state index contributed by atoms with van der Waals surface area (Å²) in [7, 11) is 2.89. The molecular formula is C39H22N8O6S4. The average Bonchev–Trinajstić information content (AvgIpc) is 4.08. The smallest absolute Gasteiger partial charge is 0.336 e. The van der Waals surface area contributed by atoms with Crippen LogP contribution >= 0.6 is 45.3 Å². The Morgan fingerprint density at radius 3 is 1.35 bits per heavy atom. The molecule has 0 saturated carbocycles. The Morgan fingerprint density at radius 2 is 1.00 bits per heavy atom. The van der Waals surface area contributed by atoms with E-state index >= 15 is 0 Å². The summed E-state index contributed by atoms with van der Waals surface area (Å²) in [6, 6.07) is 28.0. The van der Waals surface area contributed by atoms with E-state index in [2.05, 4.69) is 9.98 Å². The van der Waals surface area contributed by atoms with Crippen molar-refractivity contribution in [2.45, 2.75) is 18.6 Å². The van der Waals surface area contributed by atoms with Crippen LogP contribution in [0.4, 0.5) is 10.0 Å². The zero-order valence-corrected chi connectivity index (χ0v) is 32.8. The Hall–Kier alpha value is -7.06. The van der Waals surface area contributed by atoms with Crippen LogP contribution in [-0.4, -0.2) is 47.5 Å². The van der Waals surface area contributed by atoms with Gasteiger partial charge in [-0.25, -0.2) is 29.5 Å². The third kappa shape index (κ3) is 7.13. The highest BCUT2D eigenvalue weighted by Gasteiger charge is 2.63. The van der Waals surface area contributed by atoms with Gasteiger partial charge >= 0.3 is 11.9 Å². The fourth-order valence-corrected chi connectivity index (χ4v) is 10.2. The number of aromatic nitrogens is 2. The first-order valence-corrected chi connectivity index (χ1v) is 19.6. The van der Waals surface area contributed by atoms with Crippen LogP contribution in [0.3, 0.4) is 0 Å². The van der Waals surface area contributed by atoms with E-state index in [9.17, 15) is 30.6 Å². The molecule has 4 aromatic heterocycles. The van der Waals surface area contributed by atoms with Gasteiger partial charge in [0.25, 0.3) is 5.41 Å². The topological polar surface area (TPSA) is 217 Å². The Bertz CT molecular complexity index is 2550. The second-order valence-corrected chi connectivity index (χ2v) is 15.7. The average molecular weight is 827 g/mol. The number of rotatable bonds is 12. The van der Waals surface area contributed by atoms with Gasteiger partial charge in [-0.05, 0) is 11.1 Å². The number of thiophene rings is 2. The van der Waals surface area contributed by atoms with E-state index in [0.29, 0.717) is 62.2 Å². The number of nitriles is 4. The molecule has 1 aliphatic rings. The molecule has 0 unspecified atom stereocenters. The fraction of sp³-hybridized carbons (Fsp3) is 0.128. The third-order valence-corrected chi connectivity index (χ3v) is 12.9. The summed E-state index contributed by atoms with van der Waals surface area (Å²) in [5.41, 5.74) is -1.58. The molecule has 0 bridgehead atoms. The maximum Gasteiger partial charge on any atom is 0.336 e. The predicted octanol–water partition coefficient (Wildman–Crippen LogP) is 8.07. The summed E-state index contributed by atoms with van der Waals surface area (Å²) in [4.78, 5) is 49.6. The Labute approximate surface area is 340 Å². The van der Waals surface area contributed by atoms with E-state index in [1.807, 2.05) is 12.1 Å². The van der Waals surface area contributed by atoms with E-state index in [1.54, 1.807) is 84.9 Å². The zero-order chi connectivity index (χ0) is 40.1. The van der Waals surface area contributed by atoms with Gasteiger partial charge in [0.1, 0.15) is 78.8 Å². The van der Waals surface area contributed by atoms with Gasteiger partial charge < -0.3 is 18.9 Å². The molecule has 0 saturated heterocycles. The van der Waals surface area contributed by atoms with Gasteiger partial charge in [0.2, 0.25) is 11.4 Å². The molecule has 57 heavy (non-hydrogen) atoms. The molecule has 0 spiro atoms. The first kappa shape index (κ1) is 38.2. The summed E-state index contributed by atoms with van der Waals surface area (Å²) in [6.07, 6.45) is 0. The van der Waals surface area contributed by atoms with Crippen molar-refractivity contribution in [1.29, 1.82) is 21.0 Å². The molecular weight excluding hydrogens is 805 g/mol. The Balaban J connectivity index is 1.44. The van der Waals surface area contributed by atoms with E-state index in [-0.39, 0.29) is 36.0 Å². The summed E-state index contributed by atoms with van der Waals surface area (Å²) in [6.45, 7) is -0.348. The molecule has 7 rings (SSSR count). The minimum absolute atomic E-state index is 0.0466. The van der Waals surface area contributed by atoms with Crippen molar-refractivity contribution < 1.29 is 28.5 Å². The minimum atomic E-state index is -2.31. The largest absolute Gasteiger partial charge is 0.495 e. The van der Waals surface area contributed by atoms with Crippen LogP contribution in [0.15, 0.2) is 82.8 Å². The molecule has 0 aliphatic heterocycles. The van der Waals surface area contributed by atoms with E-state index in [1.165, 1.54) is 36.9 Å². The number of benzene rings is 2. The van der Waals surface area contributed by atoms with Crippen molar-refractivity contribution in [3.63, 3.8) is 0 Å². The lowest BCUT2D eigenvalue weighted by molar-refractivity contribution is -0.164. The summed E-state index contributed by atoms with van der Waals surface area (Å²) in [5.74, 6) is -1.27. The molecule has 6 aromatic rings. The number of thiazole rings is 2. The molecule has 0 amide bonds. The number of aliphatic imine (C=N–C) groups is 2. The molecule has 0 radical (unpaired) electrons. The maximum atomic E-state index is 14.8. The molecule has 14 nitrogen and oxygen atoms in total. The highest BCUT2D eigenvalue weighted by atomic mass is 32.1. The zero-order valence-electron chi connectivity index (χ0n) is 29.5. The van der Waals surface area contributed by atoms with E-state index in [4.69, 9.17) is 28.9 Å². The standard InChI is InChI=1S/C39H22N8O6S4/c1-50-25-13-27(44-23(15-40)16-41)54-29(25)35-46-33-31(56-35)32-34(47-36(57-32)30-26(51-2)14-28(55-30)45-24(17-42)18-43)39(33,37(48)52-19-21-9-5-3-6-10-21)38(49)53-20-22-11-7-4-8-12-22/h3-14H,19-20H2,1-2H3. The lowest BCUT2D eigenvalue weighted by Gasteiger charge is -2.24. The normalized spacial score (nSPS) is 11.7. The molecule has 2 aromatic carbocycles. The van der Waals surface area contributed by atoms with Gasteiger partial charge in [0.15, 0.2) is 0 Å². The van der Waals surface area contributed by atoms with Crippen LogP contribution < -0.4 is 9.47 Å². The van der Waals surface area contributed by atoms with Gasteiger partial charge in [0, 0.05) is 12.1 Å². The van der Waals surface area contributed by atoms with Gasteiger partial charge in [-0.15, -0.1) is 45.3 Å². The fourth-order valence-electron chi connectivity index (χ4n) is 5.70. The minimum Gasteiger partial charge on any atom is -0.495 e. The molecule has 0 atom stereocenters. The summed E-state index contributed by atoms with van der Waals surface area (Å²) in [5, 5.41) is 38.5.